The lowest BCUT2D eigenvalue weighted by Crippen LogP contribution is -2.21. The Labute approximate surface area is 128 Å². The molecule has 2 N–H and O–H groups in total. The van der Waals surface area contributed by atoms with Gasteiger partial charge < -0.3 is 14.8 Å². The van der Waals surface area contributed by atoms with Gasteiger partial charge in [-0.15, -0.1) is 0 Å². The van der Waals surface area contributed by atoms with Crippen molar-refractivity contribution in [3.05, 3.63) is 30.5 Å². The van der Waals surface area contributed by atoms with E-state index in [0.29, 0.717) is 29.0 Å². The molecule has 1 saturated carbocycles. The Hall–Kier alpha value is -2.70. The largest absolute Gasteiger partial charge is 0.493 e. The van der Waals surface area contributed by atoms with Crippen molar-refractivity contribution in [2.45, 2.75) is 18.9 Å². The van der Waals surface area contributed by atoms with Crippen molar-refractivity contribution in [3.8, 4) is 11.5 Å². The van der Waals surface area contributed by atoms with E-state index in [1.165, 1.54) is 0 Å². The number of anilines is 2. The summed E-state index contributed by atoms with van der Waals surface area (Å²) in [5.41, 5.74) is 0.618. The van der Waals surface area contributed by atoms with Crippen molar-refractivity contribution in [1.82, 2.24) is 9.78 Å². The molecule has 7 heteroatoms. The van der Waals surface area contributed by atoms with Crippen LogP contribution in [0.25, 0.3) is 0 Å². The Morgan fingerprint density at radius 2 is 1.95 bits per heavy atom. The number of carbonyl (C=O) groups excluding carboxylic acids is 1. The third-order valence-electron chi connectivity index (χ3n) is 3.45. The van der Waals surface area contributed by atoms with Gasteiger partial charge in [0.05, 0.1) is 26.5 Å². The molecule has 1 aromatic carbocycles. The summed E-state index contributed by atoms with van der Waals surface area (Å²) in [5.74, 6) is 1.86. The summed E-state index contributed by atoms with van der Waals surface area (Å²) in [5, 5.41) is 9.80. The lowest BCUT2D eigenvalue weighted by Gasteiger charge is -2.12. The van der Waals surface area contributed by atoms with E-state index in [2.05, 4.69) is 15.7 Å². The Kier molecular flexibility index (Phi) is 3.86. The van der Waals surface area contributed by atoms with E-state index in [0.717, 1.165) is 12.8 Å². The molecule has 1 aliphatic carbocycles. The first-order valence-electron chi connectivity index (χ1n) is 7.05. The summed E-state index contributed by atoms with van der Waals surface area (Å²) < 4.78 is 12.2. The molecule has 0 bridgehead atoms. The second-order valence-corrected chi connectivity index (χ2v) is 5.04. The molecule has 7 nitrogen and oxygen atoms in total. The van der Waals surface area contributed by atoms with Crippen LogP contribution in [0.3, 0.4) is 0 Å². The molecular weight excluding hydrogens is 284 g/mol. The number of amides is 2. The van der Waals surface area contributed by atoms with Crippen LogP contribution in [0.5, 0.6) is 11.5 Å². The number of carbonyl (C=O) groups is 1. The van der Waals surface area contributed by atoms with Gasteiger partial charge in [0.1, 0.15) is 5.82 Å². The van der Waals surface area contributed by atoms with Crippen LogP contribution in [-0.2, 0) is 0 Å². The number of nitrogens with one attached hydrogen (secondary N) is 2. The third-order valence-corrected chi connectivity index (χ3v) is 3.45. The maximum atomic E-state index is 12.1. The second kappa shape index (κ2) is 5.97. The predicted molar refractivity (Wildman–Crippen MR) is 82.7 cm³/mol. The molecule has 0 spiro atoms. The standard InChI is InChI=1S/C15H18N4O3/c1-21-12-6-3-10(9-13(12)22-2)17-15(20)18-14-7-8-16-19(14)11-4-5-11/h3,6-9,11H,4-5H2,1-2H3,(H2,17,18,20). The average molecular weight is 302 g/mol. The van der Waals surface area contributed by atoms with E-state index in [-0.39, 0.29) is 6.03 Å². The lowest BCUT2D eigenvalue weighted by molar-refractivity contribution is 0.262. The van der Waals surface area contributed by atoms with Crippen LogP contribution in [0, 0.1) is 0 Å². The van der Waals surface area contributed by atoms with Gasteiger partial charge in [0.2, 0.25) is 0 Å². The van der Waals surface area contributed by atoms with Crippen LogP contribution in [0.15, 0.2) is 30.5 Å². The van der Waals surface area contributed by atoms with Crippen molar-refractivity contribution < 1.29 is 14.3 Å². The van der Waals surface area contributed by atoms with Gasteiger partial charge in [-0.1, -0.05) is 0 Å². The van der Waals surface area contributed by atoms with Gasteiger partial charge in [-0.2, -0.15) is 5.10 Å². The third kappa shape index (κ3) is 2.98. The van der Waals surface area contributed by atoms with E-state index >= 15 is 0 Å². The molecule has 1 heterocycles. The molecule has 3 rings (SSSR count). The molecule has 2 aromatic rings. The fourth-order valence-electron chi connectivity index (χ4n) is 2.22. The molecule has 0 saturated heterocycles. The van der Waals surface area contributed by atoms with Crippen molar-refractivity contribution in [2.75, 3.05) is 24.9 Å². The smallest absolute Gasteiger partial charge is 0.324 e. The summed E-state index contributed by atoms with van der Waals surface area (Å²) in [7, 11) is 3.12. The highest BCUT2D eigenvalue weighted by atomic mass is 16.5. The SMILES string of the molecule is COc1ccc(NC(=O)Nc2ccnn2C2CC2)cc1OC. The molecular formula is C15H18N4O3. The van der Waals surface area contributed by atoms with Crippen LogP contribution in [0.4, 0.5) is 16.3 Å². The van der Waals surface area contributed by atoms with E-state index < -0.39 is 0 Å². The number of benzene rings is 1. The number of methoxy groups -OCH3 is 2. The normalized spacial score (nSPS) is 13.5. The van der Waals surface area contributed by atoms with Gasteiger partial charge in [0.15, 0.2) is 11.5 Å². The van der Waals surface area contributed by atoms with E-state index in [9.17, 15) is 4.79 Å². The Morgan fingerprint density at radius 3 is 2.64 bits per heavy atom. The number of nitrogens with zero attached hydrogens (tertiary/aromatic N) is 2. The molecule has 0 radical (unpaired) electrons. The molecule has 0 unspecified atom stereocenters. The fraction of sp³-hybridized carbons (Fsp3) is 0.333. The van der Waals surface area contributed by atoms with Gasteiger partial charge in [-0.05, 0) is 25.0 Å². The van der Waals surface area contributed by atoms with Crippen LogP contribution in [-0.4, -0.2) is 30.0 Å². The van der Waals surface area contributed by atoms with Gasteiger partial charge >= 0.3 is 6.03 Å². The second-order valence-electron chi connectivity index (χ2n) is 5.04. The number of hydrogen-bond acceptors (Lipinski definition) is 4. The Balaban J connectivity index is 1.67. The molecule has 1 fully saturated rings. The predicted octanol–water partition coefficient (Wildman–Crippen LogP) is 2.88. The summed E-state index contributed by atoms with van der Waals surface area (Å²) in [6.07, 6.45) is 3.89. The number of rotatable bonds is 5. The minimum atomic E-state index is -0.324. The minimum Gasteiger partial charge on any atom is -0.493 e. The monoisotopic (exact) mass is 302 g/mol. The summed E-state index contributed by atoms with van der Waals surface area (Å²) >= 11 is 0. The maximum Gasteiger partial charge on any atom is 0.324 e. The molecule has 1 aliphatic rings. The Bertz CT molecular complexity index is 679. The number of ether oxygens (including phenoxy) is 2. The van der Waals surface area contributed by atoms with Crippen molar-refractivity contribution in [2.24, 2.45) is 0 Å². The van der Waals surface area contributed by atoms with Crippen LogP contribution in [0.2, 0.25) is 0 Å². The zero-order valence-corrected chi connectivity index (χ0v) is 12.5. The molecule has 1 aromatic heterocycles. The number of urea groups is 1. The fourth-order valence-corrected chi connectivity index (χ4v) is 2.22. The van der Waals surface area contributed by atoms with E-state index in [1.807, 2.05) is 4.68 Å². The summed E-state index contributed by atoms with van der Waals surface area (Å²) in [6.45, 7) is 0. The summed E-state index contributed by atoms with van der Waals surface area (Å²) in [4.78, 5) is 12.1. The zero-order valence-electron chi connectivity index (χ0n) is 12.5. The zero-order chi connectivity index (χ0) is 15.5. The van der Waals surface area contributed by atoms with Gasteiger partial charge in [0.25, 0.3) is 0 Å². The van der Waals surface area contributed by atoms with E-state index in [1.54, 1.807) is 44.7 Å². The summed E-state index contributed by atoms with van der Waals surface area (Å²) in [6, 6.07) is 7.06. The molecule has 0 atom stereocenters. The van der Waals surface area contributed by atoms with Crippen molar-refractivity contribution >= 4 is 17.5 Å². The first-order valence-corrected chi connectivity index (χ1v) is 7.05. The van der Waals surface area contributed by atoms with Crippen LogP contribution >= 0.6 is 0 Å². The van der Waals surface area contributed by atoms with Gasteiger partial charge in [0, 0.05) is 17.8 Å². The van der Waals surface area contributed by atoms with Crippen molar-refractivity contribution in [3.63, 3.8) is 0 Å². The number of hydrogen-bond donors (Lipinski definition) is 2. The average Bonchev–Trinajstić information content (AvgIpc) is 3.27. The minimum absolute atomic E-state index is 0.324. The van der Waals surface area contributed by atoms with Gasteiger partial charge in [-0.25, -0.2) is 9.48 Å². The molecule has 116 valence electrons. The molecule has 22 heavy (non-hydrogen) atoms. The highest BCUT2D eigenvalue weighted by Gasteiger charge is 2.26. The quantitative estimate of drug-likeness (QED) is 0.890. The van der Waals surface area contributed by atoms with Crippen molar-refractivity contribution in [1.29, 1.82) is 0 Å². The van der Waals surface area contributed by atoms with Crippen LogP contribution in [0.1, 0.15) is 18.9 Å². The first kappa shape index (κ1) is 14.2. The Morgan fingerprint density at radius 1 is 1.18 bits per heavy atom. The molecule has 2 amide bonds. The topological polar surface area (TPSA) is 77.4 Å². The van der Waals surface area contributed by atoms with E-state index in [4.69, 9.17) is 9.47 Å². The molecule has 0 aliphatic heterocycles. The lowest BCUT2D eigenvalue weighted by atomic mass is 10.3. The first-order chi connectivity index (χ1) is 10.7. The maximum absolute atomic E-state index is 12.1. The van der Waals surface area contributed by atoms with Crippen LogP contribution < -0.4 is 20.1 Å². The highest BCUT2D eigenvalue weighted by molar-refractivity contribution is 5.99. The van der Waals surface area contributed by atoms with Gasteiger partial charge in [-0.3, -0.25) is 5.32 Å². The highest BCUT2D eigenvalue weighted by Crippen LogP contribution is 2.36. The number of aromatic nitrogens is 2.